The fraction of sp³-hybridized carbons (Fsp3) is 0.389. The van der Waals surface area contributed by atoms with E-state index < -0.39 is 0 Å². The Kier molecular flexibility index (Phi) is 5.80. The lowest BCUT2D eigenvalue weighted by Gasteiger charge is -2.14. The van der Waals surface area contributed by atoms with Crippen molar-refractivity contribution in [1.29, 1.82) is 0 Å². The highest BCUT2D eigenvalue weighted by Gasteiger charge is 2.15. The van der Waals surface area contributed by atoms with E-state index in [9.17, 15) is 0 Å². The third kappa shape index (κ3) is 4.49. The fourth-order valence-corrected chi connectivity index (χ4v) is 2.60. The number of nitrogens with zero attached hydrogens (tertiary/aromatic N) is 3. The summed E-state index contributed by atoms with van der Waals surface area (Å²) < 4.78 is 21.8. The highest BCUT2D eigenvalue weighted by molar-refractivity contribution is 5.94. The van der Waals surface area contributed by atoms with Crippen molar-refractivity contribution in [1.82, 2.24) is 15.3 Å². The summed E-state index contributed by atoms with van der Waals surface area (Å²) >= 11 is 0. The summed E-state index contributed by atoms with van der Waals surface area (Å²) in [5, 5.41) is 6.30. The first-order chi connectivity index (χ1) is 13.1. The molecule has 2 aromatic rings. The van der Waals surface area contributed by atoms with E-state index in [2.05, 4.69) is 32.5 Å². The fourth-order valence-electron chi connectivity index (χ4n) is 2.60. The van der Waals surface area contributed by atoms with Gasteiger partial charge in [0.2, 0.25) is 11.6 Å². The van der Waals surface area contributed by atoms with Crippen molar-refractivity contribution < 1.29 is 18.9 Å². The summed E-state index contributed by atoms with van der Waals surface area (Å²) in [5.74, 6) is 3.29. The number of methoxy groups -OCH3 is 3. The molecular weight excluding hydrogens is 350 g/mol. The molecule has 144 valence electrons. The molecule has 2 heterocycles. The predicted molar refractivity (Wildman–Crippen MR) is 101 cm³/mol. The van der Waals surface area contributed by atoms with Crippen molar-refractivity contribution in [3.05, 3.63) is 30.1 Å². The van der Waals surface area contributed by atoms with Gasteiger partial charge in [-0.1, -0.05) is 0 Å². The molecule has 1 unspecified atom stereocenters. The lowest BCUT2D eigenvalue weighted by Crippen LogP contribution is -2.32. The highest BCUT2D eigenvalue weighted by Crippen LogP contribution is 2.38. The Morgan fingerprint density at radius 3 is 2.44 bits per heavy atom. The van der Waals surface area contributed by atoms with Crippen LogP contribution >= 0.6 is 0 Å². The first-order valence-electron chi connectivity index (χ1n) is 8.44. The molecule has 9 heteroatoms. The molecule has 1 aliphatic heterocycles. The van der Waals surface area contributed by atoms with Crippen LogP contribution < -0.4 is 29.6 Å². The molecule has 0 aliphatic carbocycles. The number of aromatic nitrogens is 2. The van der Waals surface area contributed by atoms with Crippen molar-refractivity contribution in [2.24, 2.45) is 4.99 Å². The molecule has 0 saturated carbocycles. The van der Waals surface area contributed by atoms with Gasteiger partial charge in [-0.2, -0.15) is 4.98 Å². The molecule has 1 aromatic carbocycles. The number of hydrogen-bond acceptors (Lipinski definition) is 9. The first-order valence-corrected chi connectivity index (χ1v) is 8.44. The zero-order valence-electron chi connectivity index (χ0n) is 15.8. The van der Waals surface area contributed by atoms with E-state index in [1.54, 1.807) is 33.7 Å². The minimum atomic E-state index is 0.269. The summed E-state index contributed by atoms with van der Waals surface area (Å²) in [6, 6.07) is 3.96. The van der Waals surface area contributed by atoms with Crippen LogP contribution in [-0.4, -0.2) is 49.8 Å². The molecule has 1 aliphatic rings. The van der Waals surface area contributed by atoms with Crippen molar-refractivity contribution in [3.8, 4) is 23.1 Å². The molecule has 0 spiro atoms. The number of guanidine groups is 1. The van der Waals surface area contributed by atoms with Crippen LogP contribution in [0, 0.1) is 0 Å². The van der Waals surface area contributed by atoms with E-state index in [-0.39, 0.29) is 6.61 Å². The van der Waals surface area contributed by atoms with Gasteiger partial charge in [-0.25, -0.2) is 0 Å². The van der Waals surface area contributed by atoms with Gasteiger partial charge in [0.05, 0.1) is 40.3 Å². The maximum Gasteiger partial charge on any atom is 0.234 e. The van der Waals surface area contributed by atoms with Crippen molar-refractivity contribution >= 4 is 11.8 Å². The largest absolute Gasteiger partial charge is 0.493 e. The van der Waals surface area contributed by atoms with Crippen LogP contribution in [0.4, 0.5) is 5.82 Å². The highest BCUT2D eigenvalue weighted by atomic mass is 16.5. The minimum Gasteiger partial charge on any atom is -0.493 e. The van der Waals surface area contributed by atoms with Gasteiger partial charge in [0, 0.05) is 6.04 Å². The van der Waals surface area contributed by atoms with Crippen LogP contribution in [0.5, 0.6) is 23.1 Å². The van der Waals surface area contributed by atoms with Gasteiger partial charge in [-0.3, -0.25) is 9.98 Å². The molecule has 9 nitrogen and oxygen atoms in total. The Balaban J connectivity index is 1.69. The molecule has 27 heavy (non-hydrogen) atoms. The van der Waals surface area contributed by atoms with E-state index in [1.807, 2.05) is 12.1 Å². The first kappa shape index (κ1) is 18.6. The van der Waals surface area contributed by atoms with Gasteiger partial charge in [0.15, 0.2) is 23.3 Å². The van der Waals surface area contributed by atoms with Crippen LogP contribution in [-0.2, 0) is 6.61 Å². The second-order valence-electron chi connectivity index (χ2n) is 5.92. The third-order valence-electron chi connectivity index (χ3n) is 3.88. The Hall–Kier alpha value is -3.23. The topological polar surface area (TPSA) is 99.1 Å². The van der Waals surface area contributed by atoms with Crippen LogP contribution in [0.3, 0.4) is 0 Å². The summed E-state index contributed by atoms with van der Waals surface area (Å²) in [4.78, 5) is 12.9. The lowest BCUT2D eigenvalue weighted by molar-refractivity contribution is 0.288. The zero-order valence-corrected chi connectivity index (χ0v) is 15.8. The van der Waals surface area contributed by atoms with E-state index in [1.165, 1.54) is 0 Å². The molecule has 1 atom stereocenters. The SMILES string of the molecule is COc1cc(COc2cncc(NC3=NCC(C)N3)n2)cc(OC)c1OC. The quantitative estimate of drug-likeness (QED) is 0.759. The number of aliphatic imine (C=N–C) groups is 1. The number of hydrogen-bond donors (Lipinski definition) is 2. The second kappa shape index (κ2) is 8.43. The van der Waals surface area contributed by atoms with E-state index in [0.717, 1.165) is 12.1 Å². The maximum absolute atomic E-state index is 5.77. The molecular formula is C18H23N5O4. The van der Waals surface area contributed by atoms with Gasteiger partial charge >= 0.3 is 0 Å². The lowest BCUT2D eigenvalue weighted by atomic mass is 10.2. The standard InChI is InChI=1S/C18H23N5O4/c1-11-7-20-18(21-11)23-15-8-19-9-16(22-15)27-10-12-5-13(24-2)17(26-4)14(6-12)25-3/h5-6,8-9,11H,7,10H2,1-4H3,(H2,20,21,22,23). The van der Waals surface area contributed by atoms with Crippen molar-refractivity contribution in [2.45, 2.75) is 19.6 Å². The van der Waals surface area contributed by atoms with Crippen LogP contribution in [0.25, 0.3) is 0 Å². The van der Waals surface area contributed by atoms with E-state index in [0.29, 0.717) is 40.9 Å². The van der Waals surface area contributed by atoms with Crippen LogP contribution in [0.15, 0.2) is 29.5 Å². The smallest absolute Gasteiger partial charge is 0.234 e. The Labute approximate surface area is 157 Å². The van der Waals surface area contributed by atoms with Gasteiger partial charge in [-0.15, -0.1) is 0 Å². The maximum atomic E-state index is 5.77. The van der Waals surface area contributed by atoms with Gasteiger partial charge in [0.1, 0.15) is 6.61 Å². The Bertz CT molecular complexity index is 802. The van der Waals surface area contributed by atoms with Crippen molar-refractivity contribution in [2.75, 3.05) is 33.2 Å². The molecule has 0 amide bonds. The van der Waals surface area contributed by atoms with Crippen LogP contribution in [0.2, 0.25) is 0 Å². The molecule has 0 saturated heterocycles. The van der Waals surface area contributed by atoms with E-state index >= 15 is 0 Å². The average Bonchev–Trinajstić information content (AvgIpc) is 3.10. The Morgan fingerprint density at radius 2 is 1.85 bits per heavy atom. The number of anilines is 1. The number of ether oxygens (including phenoxy) is 4. The molecule has 0 fully saturated rings. The van der Waals surface area contributed by atoms with E-state index in [4.69, 9.17) is 18.9 Å². The van der Waals surface area contributed by atoms with Gasteiger partial charge in [-0.05, 0) is 24.6 Å². The molecule has 3 rings (SSSR count). The number of benzene rings is 1. The summed E-state index contributed by atoms with van der Waals surface area (Å²) in [6.45, 7) is 3.05. The molecule has 0 radical (unpaired) electrons. The van der Waals surface area contributed by atoms with Crippen molar-refractivity contribution in [3.63, 3.8) is 0 Å². The normalized spacial score (nSPS) is 15.6. The number of nitrogens with one attached hydrogen (secondary N) is 2. The zero-order chi connectivity index (χ0) is 19.2. The van der Waals surface area contributed by atoms with Gasteiger partial charge < -0.3 is 29.6 Å². The molecule has 0 bridgehead atoms. The average molecular weight is 373 g/mol. The molecule has 1 aromatic heterocycles. The van der Waals surface area contributed by atoms with Gasteiger partial charge in [0.25, 0.3) is 0 Å². The minimum absolute atomic E-state index is 0.269. The summed E-state index contributed by atoms with van der Waals surface area (Å²) in [7, 11) is 4.71. The Morgan fingerprint density at radius 1 is 1.11 bits per heavy atom. The third-order valence-corrected chi connectivity index (χ3v) is 3.88. The summed E-state index contributed by atoms with van der Waals surface area (Å²) in [6.07, 6.45) is 3.16. The summed E-state index contributed by atoms with van der Waals surface area (Å²) in [5.41, 5.74) is 0.848. The second-order valence-corrected chi connectivity index (χ2v) is 5.92. The predicted octanol–water partition coefficient (Wildman–Crippen LogP) is 1.84. The number of rotatable bonds is 7. The molecule has 2 N–H and O–H groups in total. The monoisotopic (exact) mass is 373 g/mol. The van der Waals surface area contributed by atoms with Crippen LogP contribution in [0.1, 0.15) is 12.5 Å².